The van der Waals surface area contributed by atoms with Crippen molar-refractivity contribution in [3.8, 4) is 0 Å². The van der Waals surface area contributed by atoms with Crippen molar-refractivity contribution in [1.82, 2.24) is 4.98 Å². The zero-order valence-corrected chi connectivity index (χ0v) is 15.6. The fourth-order valence-corrected chi connectivity index (χ4v) is 3.10. The van der Waals surface area contributed by atoms with Crippen LogP contribution in [0.2, 0.25) is 0 Å². The third-order valence-electron chi connectivity index (χ3n) is 4.45. The van der Waals surface area contributed by atoms with Crippen molar-refractivity contribution in [1.29, 1.82) is 0 Å². The molecule has 1 aliphatic heterocycles. The molecule has 7 nitrogen and oxygen atoms in total. The van der Waals surface area contributed by atoms with E-state index in [-0.39, 0.29) is 12.1 Å². The maximum absolute atomic E-state index is 12.4. The van der Waals surface area contributed by atoms with E-state index in [1.807, 2.05) is 26.0 Å². The first-order chi connectivity index (χ1) is 13.0. The Bertz CT molecular complexity index is 812. The van der Waals surface area contributed by atoms with Crippen LogP contribution in [-0.4, -0.2) is 49.1 Å². The second kappa shape index (κ2) is 8.07. The maximum atomic E-state index is 12.4. The molecule has 27 heavy (non-hydrogen) atoms. The molecule has 1 aromatic heterocycles. The molecule has 0 unspecified atom stereocenters. The van der Waals surface area contributed by atoms with Gasteiger partial charge in [0.2, 0.25) is 5.91 Å². The minimum atomic E-state index is -0.428. The molecule has 0 atom stereocenters. The average Bonchev–Trinajstić information content (AvgIpc) is 2.67. The van der Waals surface area contributed by atoms with E-state index in [1.165, 1.54) is 0 Å². The molecule has 1 aliphatic rings. The zero-order valence-electron chi connectivity index (χ0n) is 15.6. The number of primary amides is 1. The second-order valence-corrected chi connectivity index (χ2v) is 6.71. The van der Waals surface area contributed by atoms with Crippen molar-refractivity contribution in [2.45, 2.75) is 20.0 Å². The quantitative estimate of drug-likeness (QED) is 0.813. The molecule has 2 aromatic rings. The fraction of sp³-hybridized carbons (Fsp3) is 0.350. The van der Waals surface area contributed by atoms with E-state index in [4.69, 9.17) is 10.5 Å². The lowest BCUT2D eigenvalue weighted by Gasteiger charge is -2.37. The Morgan fingerprint density at radius 1 is 1.04 bits per heavy atom. The Kier molecular flexibility index (Phi) is 5.59. The van der Waals surface area contributed by atoms with Crippen molar-refractivity contribution < 1.29 is 14.3 Å². The largest absolute Gasteiger partial charge is 0.459 e. The van der Waals surface area contributed by atoms with Gasteiger partial charge in [-0.2, -0.15) is 0 Å². The van der Waals surface area contributed by atoms with E-state index in [0.717, 1.165) is 31.9 Å². The molecule has 0 spiro atoms. The number of amides is 1. The van der Waals surface area contributed by atoms with Gasteiger partial charge in [-0.1, -0.05) is 0 Å². The van der Waals surface area contributed by atoms with Crippen LogP contribution in [0.1, 0.15) is 34.6 Å². The number of hydrogen-bond acceptors (Lipinski definition) is 6. The average molecular weight is 368 g/mol. The molecule has 0 saturated carbocycles. The first-order valence-corrected chi connectivity index (χ1v) is 9.01. The topological polar surface area (TPSA) is 88.8 Å². The van der Waals surface area contributed by atoms with Crippen LogP contribution in [0.25, 0.3) is 0 Å². The molecule has 0 bridgehead atoms. The number of hydrogen-bond donors (Lipinski definition) is 1. The molecule has 2 N–H and O–H groups in total. The number of anilines is 2. The zero-order chi connectivity index (χ0) is 19.4. The summed E-state index contributed by atoms with van der Waals surface area (Å²) in [7, 11) is 0. The molecular weight excluding hydrogens is 344 g/mol. The summed E-state index contributed by atoms with van der Waals surface area (Å²) in [4.78, 5) is 32.3. The summed E-state index contributed by atoms with van der Waals surface area (Å²) >= 11 is 0. The first-order valence-electron chi connectivity index (χ1n) is 9.01. The third kappa shape index (κ3) is 4.36. The summed E-state index contributed by atoms with van der Waals surface area (Å²) in [6.07, 6.45) is 1.52. The Morgan fingerprint density at radius 2 is 1.67 bits per heavy atom. The summed E-state index contributed by atoms with van der Waals surface area (Å²) in [6, 6.07) is 10.8. The van der Waals surface area contributed by atoms with Crippen LogP contribution in [0, 0.1) is 0 Å². The minimum Gasteiger partial charge on any atom is -0.459 e. The standard InChI is InChI=1S/C20H24N4O3/c1-14(2)27-20(26)17-4-3-9-22-19(17)24-12-10-23(11-13-24)16-7-5-15(6-8-16)18(21)25/h3-9,14H,10-13H2,1-2H3,(H2,21,25). The van der Waals surface area contributed by atoms with Crippen LogP contribution < -0.4 is 15.5 Å². The van der Waals surface area contributed by atoms with Crippen LogP contribution in [0.15, 0.2) is 42.6 Å². The van der Waals surface area contributed by atoms with Gasteiger partial charge in [0.05, 0.1) is 6.10 Å². The summed E-state index contributed by atoms with van der Waals surface area (Å²) in [5, 5.41) is 0. The van der Waals surface area contributed by atoms with E-state index in [1.54, 1.807) is 30.5 Å². The highest BCUT2D eigenvalue weighted by molar-refractivity contribution is 5.95. The number of esters is 1. The van der Waals surface area contributed by atoms with E-state index in [9.17, 15) is 9.59 Å². The lowest BCUT2D eigenvalue weighted by molar-refractivity contribution is 0.0378. The molecule has 1 saturated heterocycles. The van der Waals surface area contributed by atoms with Gasteiger partial charge in [-0.15, -0.1) is 0 Å². The van der Waals surface area contributed by atoms with Crippen LogP contribution in [-0.2, 0) is 4.74 Å². The number of piperazine rings is 1. The number of nitrogens with zero attached hydrogens (tertiary/aromatic N) is 3. The molecule has 1 amide bonds. The van der Waals surface area contributed by atoms with Gasteiger partial charge in [-0.3, -0.25) is 4.79 Å². The van der Waals surface area contributed by atoms with Gasteiger partial charge < -0.3 is 20.3 Å². The summed E-state index contributed by atoms with van der Waals surface area (Å²) in [6.45, 7) is 6.69. The number of ether oxygens (including phenoxy) is 1. The minimum absolute atomic E-state index is 0.175. The van der Waals surface area contributed by atoms with Crippen molar-refractivity contribution in [3.05, 3.63) is 53.7 Å². The number of benzene rings is 1. The molecule has 1 fully saturated rings. The number of carbonyl (C=O) groups excluding carboxylic acids is 2. The van der Waals surface area contributed by atoms with Crippen LogP contribution in [0.5, 0.6) is 0 Å². The molecule has 1 aromatic carbocycles. The molecule has 7 heteroatoms. The number of rotatable bonds is 5. The van der Waals surface area contributed by atoms with Gasteiger partial charge in [0.15, 0.2) is 0 Å². The van der Waals surface area contributed by atoms with Gasteiger partial charge in [0.1, 0.15) is 11.4 Å². The highest BCUT2D eigenvalue weighted by atomic mass is 16.5. The van der Waals surface area contributed by atoms with E-state index in [0.29, 0.717) is 16.9 Å². The molecule has 0 aliphatic carbocycles. The second-order valence-electron chi connectivity index (χ2n) is 6.71. The number of pyridine rings is 1. The number of nitrogens with two attached hydrogens (primary N) is 1. The summed E-state index contributed by atoms with van der Waals surface area (Å²) in [5.41, 5.74) is 7.32. The molecule has 2 heterocycles. The normalized spacial score (nSPS) is 14.3. The summed E-state index contributed by atoms with van der Waals surface area (Å²) < 4.78 is 5.33. The monoisotopic (exact) mass is 368 g/mol. The van der Waals surface area contributed by atoms with Gasteiger partial charge >= 0.3 is 5.97 Å². The lowest BCUT2D eigenvalue weighted by atomic mass is 10.1. The van der Waals surface area contributed by atoms with Gasteiger partial charge in [-0.05, 0) is 50.2 Å². The molecule has 142 valence electrons. The third-order valence-corrected chi connectivity index (χ3v) is 4.45. The van der Waals surface area contributed by atoms with Gasteiger partial charge in [0, 0.05) is 43.6 Å². The van der Waals surface area contributed by atoms with Gasteiger partial charge in [0.25, 0.3) is 0 Å². The van der Waals surface area contributed by atoms with Crippen molar-refractivity contribution >= 4 is 23.4 Å². The highest BCUT2D eigenvalue weighted by Crippen LogP contribution is 2.23. The van der Waals surface area contributed by atoms with E-state index in [2.05, 4.69) is 14.8 Å². The Hall–Kier alpha value is -3.09. The Balaban J connectivity index is 1.69. The predicted molar refractivity (Wildman–Crippen MR) is 104 cm³/mol. The Labute approximate surface area is 158 Å². The molecule has 3 rings (SSSR count). The van der Waals surface area contributed by atoms with E-state index >= 15 is 0 Å². The van der Waals surface area contributed by atoms with Crippen LogP contribution in [0.3, 0.4) is 0 Å². The van der Waals surface area contributed by atoms with Crippen molar-refractivity contribution in [2.75, 3.05) is 36.0 Å². The number of aromatic nitrogens is 1. The van der Waals surface area contributed by atoms with Crippen molar-refractivity contribution in [2.24, 2.45) is 5.73 Å². The highest BCUT2D eigenvalue weighted by Gasteiger charge is 2.24. The lowest BCUT2D eigenvalue weighted by Crippen LogP contribution is -2.47. The first kappa shape index (κ1) is 18.7. The predicted octanol–water partition coefficient (Wildman–Crippen LogP) is 2.07. The molecular formula is C20H24N4O3. The smallest absolute Gasteiger partial charge is 0.342 e. The summed E-state index contributed by atoms with van der Waals surface area (Å²) in [5.74, 6) is -0.119. The van der Waals surface area contributed by atoms with E-state index < -0.39 is 5.91 Å². The number of carbonyl (C=O) groups is 2. The van der Waals surface area contributed by atoms with Crippen LogP contribution in [0.4, 0.5) is 11.5 Å². The fourth-order valence-electron chi connectivity index (χ4n) is 3.10. The Morgan fingerprint density at radius 3 is 2.26 bits per heavy atom. The van der Waals surface area contributed by atoms with Crippen LogP contribution >= 0.6 is 0 Å². The molecule has 0 radical (unpaired) electrons. The van der Waals surface area contributed by atoms with Gasteiger partial charge in [-0.25, -0.2) is 9.78 Å². The maximum Gasteiger partial charge on any atom is 0.342 e. The SMILES string of the molecule is CC(C)OC(=O)c1cccnc1N1CCN(c2ccc(C(N)=O)cc2)CC1. The van der Waals surface area contributed by atoms with Crippen molar-refractivity contribution in [3.63, 3.8) is 0 Å².